The van der Waals surface area contributed by atoms with Gasteiger partial charge in [-0.2, -0.15) is 5.10 Å². The van der Waals surface area contributed by atoms with Crippen LogP contribution in [0.4, 0.5) is 0 Å². The van der Waals surface area contributed by atoms with Crippen LogP contribution in [0, 0.1) is 0 Å². The van der Waals surface area contributed by atoms with Crippen molar-refractivity contribution in [3.63, 3.8) is 0 Å². The molecule has 2 heterocycles. The zero-order chi connectivity index (χ0) is 18.8. The number of aldehydes is 1. The van der Waals surface area contributed by atoms with E-state index in [1.54, 1.807) is 6.20 Å². The fourth-order valence-corrected chi connectivity index (χ4v) is 3.65. The minimum atomic E-state index is -0.149. The molecule has 0 saturated carbocycles. The average molecular weight is 382 g/mol. The Morgan fingerprint density at radius 3 is 2.85 bits per heavy atom. The van der Waals surface area contributed by atoms with Gasteiger partial charge in [-0.25, -0.2) is 0 Å². The Balaban J connectivity index is 1.50. The van der Waals surface area contributed by atoms with E-state index >= 15 is 0 Å². The molecular weight excluding hydrogens is 362 g/mol. The summed E-state index contributed by atoms with van der Waals surface area (Å²) in [5, 5.41) is 7.88. The first kappa shape index (κ1) is 17.8. The molecule has 1 N–H and O–H groups in total. The number of carbonyl (C=O) groups excluding carboxylic acids is 1. The highest BCUT2D eigenvalue weighted by molar-refractivity contribution is 6.30. The number of aromatic amines is 1. The zero-order valence-electron chi connectivity index (χ0n) is 15.0. The second kappa shape index (κ2) is 7.55. The second-order valence-corrected chi connectivity index (χ2v) is 7.01. The summed E-state index contributed by atoms with van der Waals surface area (Å²) in [5.74, 6) is 0.791. The van der Waals surface area contributed by atoms with Gasteiger partial charge in [0.2, 0.25) is 0 Å². The molecule has 3 aromatic rings. The zero-order valence-corrected chi connectivity index (χ0v) is 15.7. The number of halogens is 1. The van der Waals surface area contributed by atoms with Crippen molar-refractivity contribution in [2.45, 2.75) is 26.1 Å². The van der Waals surface area contributed by atoms with Crippen molar-refractivity contribution in [3.8, 4) is 17.0 Å². The largest absolute Gasteiger partial charge is 0.489 e. The van der Waals surface area contributed by atoms with Crippen LogP contribution in [0.3, 0.4) is 0 Å². The van der Waals surface area contributed by atoms with Gasteiger partial charge in [0.1, 0.15) is 18.6 Å². The van der Waals surface area contributed by atoms with E-state index in [9.17, 15) is 4.79 Å². The highest BCUT2D eigenvalue weighted by atomic mass is 35.5. The molecule has 0 fully saturated rings. The number of nitrogens with one attached hydrogen (secondary N) is 1. The van der Waals surface area contributed by atoms with Crippen LogP contribution in [0.25, 0.3) is 11.3 Å². The molecule has 0 saturated heterocycles. The number of hydrogen-bond donors (Lipinski definition) is 1. The summed E-state index contributed by atoms with van der Waals surface area (Å²) in [6.07, 6.45) is 2.79. The van der Waals surface area contributed by atoms with E-state index in [1.165, 1.54) is 0 Å². The van der Waals surface area contributed by atoms with Gasteiger partial charge < -0.3 is 9.53 Å². The van der Waals surface area contributed by atoms with E-state index in [0.717, 1.165) is 53.1 Å². The summed E-state index contributed by atoms with van der Waals surface area (Å²) >= 11 is 5.97. The third-order valence-electron chi connectivity index (χ3n) is 4.98. The van der Waals surface area contributed by atoms with Crippen molar-refractivity contribution in [1.29, 1.82) is 0 Å². The number of carbonyl (C=O) groups is 1. The van der Waals surface area contributed by atoms with Gasteiger partial charge in [0.15, 0.2) is 0 Å². The van der Waals surface area contributed by atoms with Gasteiger partial charge in [0.05, 0.1) is 17.9 Å². The van der Waals surface area contributed by atoms with E-state index in [-0.39, 0.29) is 6.04 Å². The number of benzene rings is 2. The van der Waals surface area contributed by atoms with Crippen LogP contribution in [-0.2, 0) is 17.9 Å². The first-order chi connectivity index (χ1) is 13.2. The molecule has 2 aromatic carbocycles. The molecule has 0 aliphatic carbocycles. The normalized spacial score (nSPS) is 16.3. The van der Waals surface area contributed by atoms with E-state index in [2.05, 4.69) is 22.0 Å². The summed E-state index contributed by atoms with van der Waals surface area (Å²) in [6.45, 7) is 4.08. The number of H-pyrrole nitrogens is 1. The summed E-state index contributed by atoms with van der Waals surface area (Å²) in [7, 11) is 0. The van der Waals surface area contributed by atoms with Crippen LogP contribution in [0.15, 0.2) is 48.7 Å². The van der Waals surface area contributed by atoms with Gasteiger partial charge in [-0.05, 0) is 41.9 Å². The smallest absolute Gasteiger partial charge is 0.141 e. The molecule has 0 bridgehead atoms. The molecule has 0 spiro atoms. The van der Waals surface area contributed by atoms with E-state index in [0.29, 0.717) is 11.6 Å². The average Bonchev–Trinajstić information content (AvgIpc) is 3.30. The molecule has 1 aromatic heterocycles. The van der Waals surface area contributed by atoms with Crippen molar-refractivity contribution in [3.05, 3.63) is 70.4 Å². The van der Waals surface area contributed by atoms with E-state index in [4.69, 9.17) is 16.3 Å². The van der Waals surface area contributed by atoms with Crippen LogP contribution in [0.5, 0.6) is 5.75 Å². The molecule has 1 aliphatic heterocycles. The lowest BCUT2D eigenvalue weighted by Gasteiger charge is -2.17. The van der Waals surface area contributed by atoms with Crippen LogP contribution >= 0.6 is 11.6 Å². The Morgan fingerprint density at radius 1 is 1.30 bits per heavy atom. The molecule has 1 atom stereocenters. The van der Waals surface area contributed by atoms with Crippen molar-refractivity contribution in [1.82, 2.24) is 15.1 Å². The quantitative estimate of drug-likeness (QED) is 0.643. The molecule has 1 unspecified atom stereocenters. The molecule has 0 radical (unpaired) electrons. The Bertz CT molecular complexity index is 952. The number of likely N-dealkylation sites (N-methyl/N-ethyl adjacent to an activating group) is 1. The summed E-state index contributed by atoms with van der Waals surface area (Å²) < 4.78 is 6.01. The molecule has 27 heavy (non-hydrogen) atoms. The Hall–Kier alpha value is -2.63. The summed E-state index contributed by atoms with van der Waals surface area (Å²) in [5.41, 5.74) is 5.13. The molecule has 6 heteroatoms. The third kappa shape index (κ3) is 3.48. The van der Waals surface area contributed by atoms with Crippen LogP contribution in [0.1, 0.15) is 29.7 Å². The van der Waals surface area contributed by atoms with Crippen molar-refractivity contribution < 1.29 is 9.53 Å². The standard InChI is InChI=1S/C21H20ClN3O2/c1-2-25-11-15-9-18(7-8-19(15)20(25)12-26)27-13-16-10-23-24-21(16)14-3-5-17(22)6-4-14/h3-10,12,20H,2,11,13H2,1H3,(H,23,24). The first-order valence-electron chi connectivity index (χ1n) is 8.92. The van der Waals surface area contributed by atoms with E-state index in [1.807, 2.05) is 42.5 Å². The van der Waals surface area contributed by atoms with Gasteiger partial charge in [-0.1, -0.05) is 36.7 Å². The molecule has 1 aliphatic rings. The topological polar surface area (TPSA) is 58.2 Å². The maximum atomic E-state index is 11.4. The van der Waals surface area contributed by atoms with Gasteiger partial charge >= 0.3 is 0 Å². The lowest BCUT2D eigenvalue weighted by Crippen LogP contribution is -2.22. The molecule has 0 amide bonds. The van der Waals surface area contributed by atoms with Crippen LogP contribution in [0.2, 0.25) is 5.02 Å². The predicted molar refractivity (Wildman–Crippen MR) is 105 cm³/mol. The fraction of sp³-hybridized carbons (Fsp3) is 0.238. The highest BCUT2D eigenvalue weighted by Crippen LogP contribution is 2.34. The lowest BCUT2D eigenvalue weighted by molar-refractivity contribution is -0.112. The highest BCUT2D eigenvalue weighted by Gasteiger charge is 2.28. The van der Waals surface area contributed by atoms with Crippen LogP contribution in [-0.4, -0.2) is 27.9 Å². The molecule has 138 valence electrons. The van der Waals surface area contributed by atoms with E-state index < -0.39 is 0 Å². The summed E-state index contributed by atoms with van der Waals surface area (Å²) in [6, 6.07) is 13.4. The predicted octanol–water partition coefficient (Wildman–Crippen LogP) is 4.38. The third-order valence-corrected chi connectivity index (χ3v) is 5.23. The van der Waals surface area contributed by atoms with Crippen LogP contribution < -0.4 is 4.74 Å². The number of fused-ring (bicyclic) bond motifs is 1. The van der Waals surface area contributed by atoms with Gasteiger partial charge in [-0.15, -0.1) is 0 Å². The Kier molecular flexibility index (Phi) is 4.97. The van der Waals surface area contributed by atoms with Gasteiger partial charge in [0.25, 0.3) is 0 Å². The number of hydrogen-bond acceptors (Lipinski definition) is 4. The first-order valence-corrected chi connectivity index (χ1v) is 9.30. The second-order valence-electron chi connectivity index (χ2n) is 6.57. The SMILES string of the molecule is CCN1Cc2cc(OCc3cn[nH]c3-c3ccc(Cl)cc3)ccc2C1C=O. The fourth-order valence-electron chi connectivity index (χ4n) is 3.53. The molecule has 5 nitrogen and oxygen atoms in total. The van der Waals surface area contributed by atoms with Crippen molar-refractivity contribution in [2.24, 2.45) is 0 Å². The molecule has 4 rings (SSSR count). The summed E-state index contributed by atoms with van der Waals surface area (Å²) in [4.78, 5) is 13.6. The van der Waals surface area contributed by atoms with Gasteiger partial charge in [-0.3, -0.25) is 10.00 Å². The number of ether oxygens (including phenoxy) is 1. The van der Waals surface area contributed by atoms with Crippen molar-refractivity contribution in [2.75, 3.05) is 6.54 Å². The lowest BCUT2D eigenvalue weighted by atomic mass is 10.1. The van der Waals surface area contributed by atoms with Crippen molar-refractivity contribution >= 4 is 17.9 Å². The number of nitrogens with zero attached hydrogens (tertiary/aromatic N) is 2. The Labute approximate surface area is 162 Å². The Morgan fingerprint density at radius 2 is 2.11 bits per heavy atom. The molecular formula is C21H20ClN3O2. The van der Waals surface area contributed by atoms with Gasteiger partial charge in [0, 0.05) is 22.7 Å². The number of aromatic nitrogens is 2. The monoisotopic (exact) mass is 381 g/mol. The minimum absolute atomic E-state index is 0.149. The maximum Gasteiger partial charge on any atom is 0.141 e. The minimum Gasteiger partial charge on any atom is -0.489 e. The maximum absolute atomic E-state index is 11.4. The number of rotatable bonds is 6.